The van der Waals surface area contributed by atoms with E-state index in [0.717, 1.165) is 23.3 Å². The van der Waals surface area contributed by atoms with Crippen molar-refractivity contribution in [3.8, 4) is 0 Å². The van der Waals surface area contributed by atoms with Crippen molar-refractivity contribution in [1.29, 1.82) is 0 Å². The van der Waals surface area contributed by atoms with Crippen molar-refractivity contribution in [2.24, 2.45) is 23.7 Å². The fourth-order valence-corrected chi connectivity index (χ4v) is 4.03. The summed E-state index contributed by atoms with van der Waals surface area (Å²) in [5.41, 5.74) is 0.908. The molecule has 2 aliphatic rings. The molecule has 0 saturated heterocycles. The Morgan fingerprint density at radius 3 is 2.23 bits per heavy atom. The molecule has 3 rings (SSSR count). The van der Waals surface area contributed by atoms with E-state index in [1.165, 1.54) is 12.1 Å². The third-order valence-corrected chi connectivity index (χ3v) is 5.01. The Morgan fingerprint density at radius 2 is 1.69 bits per heavy atom. The molecule has 1 aromatic rings. The molecule has 0 radical (unpaired) electrons. The summed E-state index contributed by atoms with van der Waals surface area (Å²) in [6.45, 7) is 3.70. The van der Waals surface area contributed by atoms with Crippen LogP contribution in [-0.4, -0.2) is 11.9 Å². The lowest BCUT2D eigenvalue weighted by Crippen LogP contribution is -2.42. The molecule has 0 heterocycles. The van der Waals surface area contributed by atoms with Crippen molar-refractivity contribution in [3.63, 3.8) is 0 Å². The molecule has 4 atom stereocenters. The summed E-state index contributed by atoms with van der Waals surface area (Å²) in [5, 5.41) is 14.1. The number of fused-ring (bicyclic) bond motifs is 2. The van der Waals surface area contributed by atoms with Crippen LogP contribution in [0.4, 0.5) is 18.9 Å². The molecule has 2 aliphatic carbocycles. The Balaban J connectivity index is 1.89. The van der Waals surface area contributed by atoms with Crippen LogP contribution in [0.15, 0.2) is 47.6 Å². The molecule has 1 amide bonds. The van der Waals surface area contributed by atoms with Crippen LogP contribution in [0.1, 0.15) is 19.4 Å². The van der Waals surface area contributed by atoms with Gasteiger partial charge in [0.1, 0.15) is 0 Å². The largest absolute Gasteiger partial charge is 0.550 e. The van der Waals surface area contributed by atoms with E-state index in [0.29, 0.717) is 0 Å². The molecular formula is C19H17F3NO3-. The highest BCUT2D eigenvalue weighted by Gasteiger charge is 2.52. The number of carbonyl (C=O) groups excluding carboxylic acids is 2. The van der Waals surface area contributed by atoms with Crippen molar-refractivity contribution in [2.75, 3.05) is 5.32 Å². The van der Waals surface area contributed by atoms with Crippen LogP contribution in [0.2, 0.25) is 0 Å². The zero-order valence-corrected chi connectivity index (χ0v) is 14.1. The molecule has 1 fully saturated rings. The van der Waals surface area contributed by atoms with Crippen molar-refractivity contribution in [1.82, 2.24) is 0 Å². The van der Waals surface area contributed by atoms with Gasteiger partial charge in [-0.25, -0.2) is 0 Å². The topological polar surface area (TPSA) is 69.2 Å². The zero-order valence-electron chi connectivity index (χ0n) is 14.1. The van der Waals surface area contributed by atoms with Gasteiger partial charge in [-0.05, 0) is 32.0 Å². The number of hydrogen-bond acceptors (Lipinski definition) is 3. The molecule has 4 nitrogen and oxygen atoms in total. The maximum atomic E-state index is 12.8. The number of carbonyl (C=O) groups is 2. The average Bonchev–Trinajstić information content (AvgIpc) is 3.10. The normalized spacial score (nSPS) is 26.9. The number of halogens is 3. The van der Waals surface area contributed by atoms with Gasteiger partial charge in [-0.15, -0.1) is 0 Å². The van der Waals surface area contributed by atoms with Gasteiger partial charge in [-0.3, -0.25) is 4.79 Å². The number of rotatable bonds is 3. The Bertz CT molecular complexity index is 822. The molecule has 0 spiro atoms. The number of hydrogen-bond donors (Lipinski definition) is 1. The molecule has 138 valence electrons. The smallest absolute Gasteiger partial charge is 0.416 e. The van der Waals surface area contributed by atoms with Crippen LogP contribution in [-0.2, 0) is 15.8 Å². The Morgan fingerprint density at radius 1 is 1.08 bits per heavy atom. The van der Waals surface area contributed by atoms with E-state index < -0.39 is 41.4 Å². The van der Waals surface area contributed by atoms with E-state index in [1.807, 2.05) is 13.8 Å². The molecule has 0 aliphatic heterocycles. The molecule has 0 aromatic heterocycles. The molecule has 7 heteroatoms. The lowest BCUT2D eigenvalue weighted by molar-refractivity contribution is -0.313. The van der Waals surface area contributed by atoms with Gasteiger partial charge in [0.2, 0.25) is 5.91 Å². The summed E-state index contributed by atoms with van der Waals surface area (Å²) in [6.07, 6.45) is -0.969. The maximum absolute atomic E-state index is 12.8. The van der Waals surface area contributed by atoms with E-state index in [2.05, 4.69) is 5.32 Å². The van der Waals surface area contributed by atoms with Gasteiger partial charge >= 0.3 is 6.18 Å². The number of amides is 1. The second kappa shape index (κ2) is 6.30. The second-order valence-electron chi connectivity index (χ2n) is 6.83. The summed E-state index contributed by atoms with van der Waals surface area (Å²) in [6, 6.07) is 4.26. The Hall–Kier alpha value is -2.57. The summed E-state index contributed by atoms with van der Waals surface area (Å²) in [7, 11) is 0. The number of aliphatic carboxylic acids is 1. The molecular weight excluding hydrogens is 347 g/mol. The molecule has 1 N–H and O–H groups in total. The van der Waals surface area contributed by atoms with Gasteiger partial charge in [0.05, 0.1) is 11.5 Å². The lowest BCUT2D eigenvalue weighted by Gasteiger charge is -2.27. The van der Waals surface area contributed by atoms with Crippen molar-refractivity contribution < 1.29 is 27.9 Å². The van der Waals surface area contributed by atoms with Crippen LogP contribution in [0.5, 0.6) is 0 Å². The number of allylic oxidation sites excluding steroid dienone is 4. The van der Waals surface area contributed by atoms with Gasteiger partial charge in [0.25, 0.3) is 0 Å². The molecule has 26 heavy (non-hydrogen) atoms. The lowest BCUT2D eigenvalue weighted by atomic mass is 9.82. The quantitative estimate of drug-likeness (QED) is 0.839. The van der Waals surface area contributed by atoms with Gasteiger partial charge < -0.3 is 15.2 Å². The summed E-state index contributed by atoms with van der Waals surface area (Å²) < 4.78 is 38.5. The molecule has 1 saturated carbocycles. The summed E-state index contributed by atoms with van der Waals surface area (Å²) in [4.78, 5) is 24.3. The predicted octanol–water partition coefficient (Wildman–Crippen LogP) is 2.78. The predicted molar refractivity (Wildman–Crippen MR) is 86.6 cm³/mol. The van der Waals surface area contributed by atoms with Crippen LogP contribution in [0, 0.1) is 23.7 Å². The monoisotopic (exact) mass is 364 g/mol. The van der Waals surface area contributed by atoms with Crippen LogP contribution in [0.3, 0.4) is 0 Å². The SMILES string of the molecule is CC(C)=C1[C@H]2C=C[C@@H]1[C@H](C(=O)[O-])[C@@H]2C(=O)Nc1cccc(C(F)(F)F)c1. The van der Waals surface area contributed by atoms with Crippen molar-refractivity contribution in [3.05, 3.63) is 53.1 Å². The van der Waals surface area contributed by atoms with Gasteiger partial charge in [-0.2, -0.15) is 13.2 Å². The maximum Gasteiger partial charge on any atom is 0.416 e. The van der Waals surface area contributed by atoms with Crippen molar-refractivity contribution in [2.45, 2.75) is 20.0 Å². The summed E-state index contributed by atoms with van der Waals surface area (Å²) in [5.74, 6) is -4.67. The van der Waals surface area contributed by atoms with E-state index in [4.69, 9.17) is 0 Å². The minimum atomic E-state index is -4.53. The van der Waals surface area contributed by atoms with Gasteiger partial charge in [-0.1, -0.05) is 29.4 Å². The minimum absolute atomic E-state index is 0.0209. The van der Waals surface area contributed by atoms with E-state index in [9.17, 15) is 27.9 Å². The van der Waals surface area contributed by atoms with Crippen LogP contribution in [0.25, 0.3) is 0 Å². The molecule has 1 aromatic carbocycles. The van der Waals surface area contributed by atoms with Crippen LogP contribution >= 0.6 is 0 Å². The molecule has 2 bridgehead atoms. The average molecular weight is 364 g/mol. The number of carboxylic acid groups (broad SMARTS) is 1. The van der Waals surface area contributed by atoms with E-state index in [1.54, 1.807) is 12.2 Å². The number of carboxylic acids is 1. The number of benzene rings is 1. The van der Waals surface area contributed by atoms with Gasteiger partial charge in [0.15, 0.2) is 0 Å². The van der Waals surface area contributed by atoms with E-state index >= 15 is 0 Å². The Kier molecular flexibility index (Phi) is 4.42. The molecule has 0 unspecified atom stereocenters. The first-order valence-electron chi connectivity index (χ1n) is 8.16. The van der Waals surface area contributed by atoms with Crippen molar-refractivity contribution >= 4 is 17.6 Å². The highest BCUT2D eigenvalue weighted by Crippen LogP contribution is 2.53. The zero-order chi connectivity index (χ0) is 19.2. The third-order valence-electron chi connectivity index (χ3n) is 5.01. The first-order valence-corrected chi connectivity index (χ1v) is 8.16. The van der Waals surface area contributed by atoms with E-state index in [-0.39, 0.29) is 11.6 Å². The van der Waals surface area contributed by atoms with Crippen LogP contribution < -0.4 is 10.4 Å². The first kappa shape index (κ1) is 18.2. The fourth-order valence-electron chi connectivity index (χ4n) is 4.03. The highest BCUT2D eigenvalue weighted by molar-refractivity contribution is 5.97. The summed E-state index contributed by atoms with van der Waals surface area (Å²) >= 11 is 0. The minimum Gasteiger partial charge on any atom is -0.550 e. The number of alkyl halides is 3. The fraction of sp³-hybridized carbons (Fsp3) is 0.368. The third kappa shape index (κ3) is 3.02. The Labute approximate surface area is 148 Å². The standard InChI is InChI=1S/C19H18F3NO3/c1-9(2)14-12-6-7-13(14)16(18(25)26)15(12)17(24)23-11-5-3-4-10(8-11)19(20,21)22/h3-8,12-13,15-16H,1-2H3,(H,23,24)(H,25,26)/p-1/t12-,13+,15-,16+/m1/s1. The van der Waals surface area contributed by atoms with Gasteiger partial charge in [0, 0.05) is 29.4 Å². The first-order chi connectivity index (χ1) is 12.1. The second-order valence-corrected chi connectivity index (χ2v) is 6.83. The number of nitrogens with one attached hydrogen (secondary N) is 1. The number of anilines is 1. The highest BCUT2D eigenvalue weighted by atomic mass is 19.4.